The first-order chi connectivity index (χ1) is 10.1. The van der Waals surface area contributed by atoms with E-state index in [2.05, 4.69) is 0 Å². The second-order valence-electron chi connectivity index (χ2n) is 5.06. The second kappa shape index (κ2) is 6.33. The largest absolute Gasteiger partial charge is 0.388 e. The lowest BCUT2D eigenvalue weighted by atomic mass is 10.3. The molecule has 1 aromatic heterocycles. The predicted octanol–water partition coefficient (Wildman–Crippen LogP) is 1.81. The maximum Gasteiger partial charge on any atom is 0.267 e. The maximum atomic E-state index is 10.9. The van der Waals surface area contributed by atoms with Crippen LogP contribution in [0.15, 0.2) is 12.1 Å². The van der Waals surface area contributed by atoms with E-state index >= 15 is 0 Å². The van der Waals surface area contributed by atoms with Gasteiger partial charge in [0, 0.05) is 19.1 Å². The third-order valence-electron chi connectivity index (χ3n) is 3.49. The van der Waals surface area contributed by atoms with E-state index in [0.29, 0.717) is 16.6 Å². The summed E-state index contributed by atoms with van der Waals surface area (Å²) in [6.45, 7) is 4.52. The smallest absolute Gasteiger partial charge is 0.267 e. The maximum absolute atomic E-state index is 10.9. The van der Waals surface area contributed by atoms with Crippen LogP contribution in [0.4, 0.5) is 0 Å². The lowest BCUT2D eigenvalue weighted by Crippen LogP contribution is -2.44. The Morgan fingerprint density at radius 1 is 1.32 bits per heavy atom. The molecule has 1 aromatic carbocycles. The van der Waals surface area contributed by atoms with Gasteiger partial charge in [0.25, 0.3) is 15.9 Å². The molecule has 9 heteroatoms. The molecule has 2 N–H and O–H groups in total. The van der Waals surface area contributed by atoms with Gasteiger partial charge >= 0.3 is 0 Å². The van der Waals surface area contributed by atoms with E-state index in [0.717, 1.165) is 16.9 Å². The lowest BCUT2D eigenvalue weighted by Gasteiger charge is -2.07. The average molecular weight is 368 g/mol. The van der Waals surface area contributed by atoms with Gasteiger partial charge in [-0.15, -0.1) is 0 Å². The van der Waals surface area contributed by atoms with Crippen molar-refractivity contribution in [3.63, 3.8) is 0 Å². The molecule has 0 radical (unpaired) electrons. The number of aliphatic hydroxyl groups is 1. The van der Waals surface area contributed by atoms with E-state index < -0.39 is 22.0 Å². The van der Waals surface area contributed by atoms with Crippen LogP contribution in [0.25, 0.3) is 11.0 Å². The summed E-state index contributed by atoms with van der Waals surface area (Å²) < 4.78 is 34.4. The number of aliphatic hydroxyl groups excluding tert-OH is 1. The van der Waals surface area contributed by atoms with E-state index in [1.807, 2.05) is 18.4 Å². The van der Waals surface area contributed by atoms with Gasteiger partial charge in [0.1, 0.15) is 18.4 Å². The molecule has 0 aliphatic rings. The third-order valence-corrected chi connectivity index (χ3v) is 5.02. The minimum atomic E-state index is -4.24. The van der Waals surface area contributed by atoms with Gasteiger partial charge in [0.15, 0.2) is 11.0 Å². The molecule has 0 aliphatic carbocycles. The molecular formula is C13H17Cl2N2O4S+. The molecule has 0 unspecified atom stereocenters. The highest BCUT2D eigenvalue weighted by atomic mass is 35.5. The number of rotatable bonds is 5. The minimum absolute atomic E-state index is 0.0209. The highest BCUT2D eigenvalue weighted by Crippen LogP contribution is 2.27. The van der Waals surface area contributed by atoms with Gasteiger partial charge in [-0.25, -0.2) is 9.13 Å². The molecular weight excluding hydrogens is 351 g/mol. The molecule has 0 aliphatic heterocycles. The summed E-state index contributed by atoms with van der Waals surface area (Å²) in [5, 5.41) is 10.7. The van der Waals surface area contributed by atoms with Crippen molar-refractivity contribution in [2.75, 3.05) is 5.75 Å². The van der Waals surface area contributed by atoms with Crippen LogP contribution >= 0.6 is 23.2 Å². The zero-order chi connectivity index (χ0) is 16.7. The van der Waals surface area contributed by atoms with Crippen LogP contribution < -0.4 is 4.57 Å². The number of aromatic nitrogens is 2. The SMILES string of the molecule is CCn1c(C)[n+](C[C@@H](O)CS(=O)(=O)O)c2cc(Cl)c(Cl)cc21. The highest BCUT2D eigenvalue weighted by molar-refractivity contribution is 7.85. The number of halogens is 2. The molecule has 0 amide bonds. The van der Waals surface area contributed by atoms with Gasteiger partial charge in [-0.3, -0.25) is 4.55 Å². The molecule has 0 bridgehead atoms. The fraction of sp³-hybridized carbons (Fsp3) is 0.462. The predicted molar refractivity (Wildman–Crippen MR) is 85.0 cm³/mol. The van der Waals surface area contributed by atoms with E-state index in [-0.39, 0.29) is 6.54 Å². The number of imidazole rings is 1. The van der Waals surface area contributed by atoms with E-state index in [9.17, 15) is 13.5 Å². The molecule has 1 atom stereocenters. The highest BCUT2D eigenvalue weighted by Gasteiger charge is 2.25. The van der Waals surface area contributed by atoms with Crippen molar-refractivity contribution in [3.05, 3.63) is 28.0 Å². The van der Waals surface area contributed by atoms with Crippen molar-refractivity contribution in [2.24, 2.45) is 0 Å². The van der Waals surface area contributed by atoms with Gasteiger partial charge in [0.05, 0.1) is 16.6 Å². The van der Waals surface area contributed by atoms with E-state index in [4.69, 9.17) is 27.8 Å². The van der Waals surface area contributed by atoms with Gasteiger partial charge in [-0.05, 0) is 6.92 Å². The Kier molecular flexibility index (Phi) is 5.03. The van der Waals surface area contributed by atoms with Crippen molar-refractivity contribution in [3.8, 4) is 0 Å². The number of benzene rings is 1. The standard InChI is InChI=1S/C13H16Cl2N2O4S/c1-3-16-8(2)17(6-9(18)7-22(19,20)21)13-5-11(15)10(14)4-12(13)16/h4-5,9,18H,3,6-7H2,1-2H3/p+1/t9-/m1/s1. The van der Waals surface area contributed by atoms with Crippen molar-refractivity contribution >= 4 is 44.4 Å². The number of aryl methyl sites for hydroxylation is 1. The fourth-order valence-corrected chi connectivity index (χ4v) is 3.50. The van der Waals surface area contributed by atoms with Crippen LogP contribution in [0.5, 0.6) is 0 Å². The lowest BCUT2D eigenvalue weighted by molar-refractivity contribution is -0.684. The molecule has 2 rings (SSSR count). The zero-order valence-electron chi connectivity index (χ0n) is 12.1. The van der Waals surface area contributed by atoms with Crippen LogP contribution in [-0.4, -0.2) is 34.5 Å². The Morgan fingerprint density at radius 3 is 2.45 bits per heavy atom. The Balaban J connectivity index is 2.53. The fourth-order valence-electron chi connectivity index (χ4n) is 2.59. The number of hydrogen-bond acceptors (Lipinski definition) is 3. The summed E-state index contributed by atoms with van der Waals surface area (Å²) in [6, 6.07) is 3.42. The third kappa shape index (κ3) is 3.55. The topological polar surface area (TPSA) is 83.4 Å². The number of hydrogen-bond donors (Lipinski definition) is 2. The number of nitrogens with zero attached hydrogens (tertiary/aromatic N) is 2. The molecule has 0 spiro atoms. The monoisotopic (exact) mass is 367 g/mol. The summed E-state index contributed by atoms with van der Waals surface area (Å²) in [7, 11) is -4.24. The first-order valence-electron chi connectivity index (χ1n) is 6.65. The molecule has 0 fully saturated rings. The minimum Gasteiger partial charge on any atom is -0.388 e. The zero-order valence-corrected chi connectivity index (χ0v) is 14.5. The van der Waals surface area contributed by atoms with Gasteiger partial charge in [0.2, 0.25) is 0 Å². The van der Waals surface area contributed by atoms with E-state index in [1.54, 1.807) is 16.7 Å². The normalized spacial score (nSPS) is 13.7. The first kappa shape index (κ1) is 17.5. The Hall–Kier alpha value is -0.860. The molecule has 6 nitrogen and oxygen atoms in total. The van der Waals surface area contributed by atoms with Crippen LogP contribution in [0.1, 0.15) is 12.7 Å². The van der Waals surface area contributed by atoms with Gasteiger partial charge in [-0.1, -0.05) is 23.2 Å². The van der Waals surface area contributed by atoms with Gasteiger partial charge in [-0.2, -0.15) is 8.42 Å². The van der Waals surface area contributed by atoms with Crippen LogP contribution in [0, 0.1) is 6.92 Å². The molecule has 0 saturated heterocycles. The summed E-state index contributed by atoms with van der Waals surface area (Å²) in [5.74, 6) is 0.102. The summed E-state index contributed by atoms with van der Waals surface area (Å²) in [6.07, 6.45) is -1.23. The summed E-state index contributed by atoms with van der Waals surface area (Å²) >= 11 is 12.1. The molecule has 1 heterocycles. The first-order valence-corrected chi connectivity index (χ1v) is 9.01. The Morgan fingerprint density at radius 2 is 1.91 bits per heavy atom. The summed E-state index contributed by atoms with van der Waals surface area (Å²) in [5.41, 5.74) is 1.58. The van der Waals surface area contributed by atoms with Crippen molar-refractivity contribution < 1.29 is 22.6 Å². The summed E-state index contributed by atoms with van der Waals surface area (Å²) in [4.78, 5) is 0. The van der Waals surface area contributed by atoms with Gasteiger partial charge < -0.3 is 5.11 Å². The Labute approximate surface area is 138 Å². The quantitative estimate of drug-likeness (QED) is 0.623. The van der Waals surface area contributed by atoms with Crippen molar-refractivity contribution in [1.29, 1.82) is 0 Å². The molecule has 22 heavy (non-hydrogen) atoms. The van der Waals surface area contributed by atoms with E-state index in [1.165, 1.54) is 0 Å². The van der Waals surface area contributed by atoms with Crippen LogP contribution in [-0.2, 0) is 23.2 Å². The molecule has 0 saturated carbocycles. The Bertz CT molecular complexity index is 817. The van der Waals surface area contributed by atoms with Crippen LogP contribution in [0.3, 0.4) is 0 Å². The number of fused-ring (bicyclic) bond motifs is 1. The van der Waals surface area contributed by atoms with Crippen LogP contribution in [0.2, 0.25) is 10.0 Å². The average Bonchev–Trinajstić information content (AvgIpc) is 2.61. The van der Waals surface area contributed by atoms with Crippen molar-refractivity contribution in [2.45, 2.75) is 33.0 Å². The molecule has 2 aromatic rings. The van der Waals surface area contributed by atoms with Crippen molar-refractivity contribution in [1.82, 2.24) is 4.57 Å². The molecule has 122 valence electrons. The second-order valence-corrected chi connectivity index (χ2v) is 7.37.